The van der Waals surface area contributed by atoms with Crippen molar-refractivity contribution in [3.63, 3.8) is 0 Å². The molecule has 3 N–H and O–H groups in total. The highest BCUT2D eigenvalue weighted by Crippen LogP contribution is 2.39. The molecule has 0 bridgehead atoms. The number of aryl methyl sites for hydroxylation is 1. The number of fused-ring (bicyclic) bond motifs is 2. The number of aromatic nitrogens is 1. The molecule has 0 amide bonds. The molecule has 1 aromatic heterocycles. The van der Waals surface area contributed by atoms with Crippen molar-refractivity contribution in [3.05, 3.63) is 59.5 Å². The Morgan fingerprint density at radius 1 is 1.19 bits per heavy atom. The minimum atomic E-state index is 0.108. The summed E-state index contributed by atoms with van der Waals surface area (Å²) in [6, 6.07) is 14.8. The third kappa shape index (κ3) is 2.08. The molecule has 4 heteroatoms. The van der Waals surface area contributed by atoms with Gasteiger partial charge in [-0.3, -0.25) is 0 Å². The molecular formula is C17H17N3O. The van der Waals surface area contributed by atoms with E-state index in [1.807, 2.05) is 31.2 Å². The van der Waals surface area contributed by atoms with E-state index in [0.29, 0.717) is 5.89 Å². The fourth-order valence-electron chi connectivity index (χ4n) is 3.14. The van der Waals surface area contributed by atoms with Crippen LogP contribution in [0.1, 0.15) is 35.5 Å². The summed E-state index contributed by atoms with van der Waals surface area (Å²) < 4.78 is 5.51. The standard InChI is InChI=1S/C17H17N3O/c1-10-19-16-8-11(6-7-17(16)21-10)20-15-9-14(18)12-4-2-3-5-13(12)15/h2-8,14-15,20H,9,18H2,1H3. The smallest absolute Gasteiger partial charge is 0.192 e. The number of benzene rings is 2. The normalized spacial score (nSPS) is 20.7. The fourth-order valence-corrected chi connectivity index (χ4v) is 3.14. The predicted octanol–water partition coefficient (Wildman–Crippen LogP) is 3.69. The maximum atomic E-state index is 6.22. The maximum Gasteiger partial charge on any atom is 0.192 e. The molecule has 21 heavy (non-hydrogen) atoms. The van der Waals surface area contributed by atoms with Crippen LogP contribution in [0.4, 0.5) is 5.69 Å². The van der Waals surface area contributed by atoms with Gasteiger partial charge in [0.1, 0.15) is 5.52 Å². The third-order valence-electron chi connectivity index (χ3n) is 4.10. The SMILES string of the molecule is Cc1nc2cc(NC3CC(N)c4ccccc43)ccc2o1. The van der Waals surface area contributed by atoms with Gasteiger partial charge < -0.3 is 15.5 Å². The van der Waals surface area contributed by atoms with Crippen molar-refractivity contribution in [1.82, 2.24) is 4.98 Å². The molecule has 2 aromatic carbocycles. The summed E-state index contributed by atoms with van der Waals surface area (Å²) in [5, 5.41) is 3.57. The molecular weight excluding hydrogens is 262 g/mol. The number of nitrogens with two attached hydrogens (primary N) is 1. The van der Waals surface area contributed by atoms with Crippen molar-refractivity contribution in [1.29, 1.82) is 0 Å². The van der Waals surface area contributed by atoms with Gasteiger partial charge in [0.2, 0.25) is 0 Å². The summed E-state index contributed by atoms with van der Waals surface area (Å²) in [5.74, 6) is 0.690. The Labute approximate surface area is 123 Å². The molecule has 2 atom stereocenters. The zero-order valence-electron chi connectivity index (χ0n) is 11.8. The number of rotatable bonds is 2. The van der Waals surface area contributed by atoms with Crippen molar-refractivity contribution in [2.45, 2.75) is 25.4 Å². The molecule has 4 nitrogen and oxygen atoms in total. The average molecular weight is 279 g/mol. The molecule has 2 unspecified atom stereocenters. The Balaban J connectivity index is 1.66. The molecule has 4 rings (SSSR count). The van der Waals surface area contributed by atoms with Gasteiger partial charge in [0.15, 0.2) is 11.5 Å². The first-order valence-electron chi connectivity index (χ1n) is 7.19. The van der Waals surface area contributed by atoms with E-state index in [9.17, 15) is 0 Å². The zero-order chi connectivity index (χ0) is 14.4. The Morgan fingerprint density at radius 2 is 2.00 bits per heavy atom. The number of oxazole rings is 1. The molecule has 0 aliphatic heterocycles. The highest BCUT2D eigenvalue weighted by atomic mass is 16.3. The van der Waals surface area contributed by atoms with Gasteiger partial charge in [0.05, 0.1) is 6.04 Å². The summed E-state index contributed by atoms with van der Waals surface area (Å²) in [4.78, 5) is 4.38. The molecule has 0 saturated carbocycles. The van der Waals surface area contributed by atoms with Crippen LogP contribution in [-0.2, 0) is 0 Å². The first-order chi connectivity index (χ1) is 10.2. The Kier molecular flexibility index (Phi) is 2.72. The minimum absolute atomic E-state index is 0.108. The van der Waals surface area contributed by atoms with Crippen molar-refractivity contribution in [2.24, 2.45) is 5.73 Å². The van der Waals surface area contributed by atoms with Crippen LogP contribution in [-0.4, -0.2) is 4.98 Å². The van der Waals surface area contributed by atoms with Crippen LogP contribution in [0.2, 0.25) is 0 Å². The number of anilines is 1. The lowest BCUT2D eigenvalue weighted by atomic mass is 10.1. The second kappa shape index (κ2) is 4.60. The van der Waals surface area contributed by atoms with E-state index in [-0.39, 0.29) is 12.1 Å². The lowest BCUT2D eigenvalue weighted by Gasteiger charge is -2.15. The van der Waals surface area contributed by atoms with Crippen LogP contribution in [0.3, 0.4) is 0 Å². The molecule has 0 saturated heterocycles. The van der Waals surface area contributed by atoms with E-state index in [2.05, 4.69) is 28.5 Å². The van der Waals surface area contributed by atoms with Gasteiger partial charge >= 0.3 is 0 Å². The van der Waals surface area contributed by atoms with Gasteiger partial charge in [-0.05, 0) is 35.7 Å². The summed E-state index contributed by atoms with van der Waals surface area (Å²) >= 11 is 0. The lowest BCUT2D eigenvalue weighted by Crippen LogP contribution is -2.09. The number of nitrogens with one attached hydrogen (secondary N) is 1. The number of nitrogens with zero attached hydrogens (tertiary/aromatic N) is 1. The Hall–Kier alpha value is -2.33. The minimum Gasteiger partial charge on any atom is -0.441 e. The van der Waals surface area contributed by atoms with E-state index in [1.165, 1.54) is 11.1 Å². The summed E-state index contributed by atoms with van der Waals surface area (Å²) in [6.07, 6.45) is 0.912. The van der Waals surface area contributed by atoms with Crippen LogP contribution in [0, 0.1) is 6.92 Å². The quantitative estimate of drug-likeness (QED) is 0.751. The van der Waals surface area contributed by atoms with Crippen molar-refractivity contribution in [2.75, 3.05) is 5.32 Å². The molecule has 3 aromatic rings. The number of hydrogen-bond acceptors (Lipinski definition) is 4. The van der Waals surface area contributed by atoms with E-state index in [1.54, 1.807) is 0 Å². The van der Waals surface area contributed by atoms with Crippen LogP contribution in [0.15, 0.2) is 46.9 Å². The van der Waals surface area contributed by atoms with Gasteiger partial charge in [-0.1, -0.05) is 24.3 Å². The predicted molar refractivity (Wildman–Crippen MR) is 83.1 cm³/mol. The molecule has 0 spiro atoms. The third-order valence-corrected chi connectivity index (χ3v) is 4.10. The molecule has 0 radical (unpaired) electrons. The lowest BCUT2D eigenvalue weighted by molar-refractivity contribution is 0.561. The molecule has 1 aliphatic carbocycles. The summed E-state index contributed by atoms with van der Waals surface area (Å²) in [5.41, 5.74) is 11.5. The largest absolute Gasteiger partial charge is 0.441 e. The highest BCUT2D eigenvalue weighted by Gasteiger charge is 2.28. The Morgan fingerprint density at radius 3 is 2.86 bits per heavy atom. The molecule has 1 aliphatic rings. The zero-order valence-corrected chi connectivity index (χ0v) is 11.8. The monoisotopic (exact) mass is 279 g/mol. The van der Waals surface area contributed by atoms with E-state index in [4.69, 9.17) is 10.2 Å². The van der Waals surface area contributed by atoms with Crippen LogP contribution >= 0.6 is 0 Å². The van der Waals surface area contributed by atoms with Crippen LogP contribution in [0.5, 0.6) is 0 Å². The van der Waals surface area contributed by atoms with Crippen molar-refractivity contribution in [3.8, 4) is 0 Å². The average Bonchev–Trinajstić information content (AvgIpc) is 2.99. The van der Waals surface area contributed by atoms with E-state index in [0.717, 1.165) is 23.2 Å². The first kappa shape index (κ1) is 12.4. The second-order valence-electron chi connectivity index (χ2n) is 5.58. The first-order valence-corrected chi connectivity index (χ1v) is 7.19. The van der Waals surface area contributed by atoms with Crippen molar-refractivity contribution < 1.29 is 4.42 Å². The van der Waals surface area contributed by atoms with Crippen LogP contribution in [0.25, 0.3) is 11.1 Å². The Bertz CT molecular complexity index is 809. The topological polar surface area (TPSA) is 64.1 Å². The second-order valence-corrected chi connectivity index (χ2v) is 5.58. The maximum absolute atomic E-state index is 6.22. The molecule has 0 fully saturated rings. The van der Waals surface area contributed by atoms with Crippen LogP contribution < -0.4 is 11.1 Å². The van der Waals surface area contributed by atoms with Gasteiger partial charge in [-0.2, -0.15) is 0 Å². The van der Waals surface area contributed by atoms with Crippen molar-refractivity contribution >= 4 is 16.8 Å². The fraction of sp³-hybridized carbons (Fsp3) is 0.235. The highest BCUT2D eigenvalue weighted by molar-refractivity contribution is 5.77. The van der Waals surface area contributed by atoms with Gasteiger partial charge in [0.25, 0.3) is 0 Å². The summed E-state index contributed by atoms with van der Waals surface area (Å²) in [7, 11) is 0. The summed E-state index contributed by atoms with van der Waals surface area (Å²) in [6.45, 7) is 1.86. The van der Waals surface area contributed by atoms with Gasteiger partial charge in [-0.25, -0.2) is 4.98 Å². The van der Waals surface area contributed by atoms with Gasteiger partial charge in [-0.15, -0.1) is 0 Å². The van der Waals surface area contributed by atoms with Gasteiger partial charge in [0, 0.05) is 18.7 Å². The molecule has 106 valence electrons. The number of hydrogen-bond donors (Lipinski definition) is 2. The molecule has 1 heterocycles. The van der Waals surface area contributed by atoms with E-state index < -0.39 is 0 Å². The van der Waals surface area contributed by atoms with E-state index >= 15 is 0 Å².